The molecule has 3 N–H and O–H groups in total. The Hall–Kier alpha value is -2.86. The lowest BCUT2D eigenvalue weighted by Gasteiger charge is -2.23. The second kappa shape index (κ2) is 12.7. The molecule has 168 valence electrons. The van der Waals surface area contributed by atoms with Crippen LogP contribution >= 0.6 is 11.3 Å². The number of nitrogens with zero attached hydrogens (tertiary/aromatic N) is 1. The van der Waals surface area contributed by atoms with Gasteiger partial charge >= 0.3 is 0 Å². The van der Waals surface area contributed by atoms with E-state index in [1.165, 1.54) is 35.6 Å². The summed E-state index contributed by atoms with van der Waals surface area (Å²) in [6.45, 7) is 2.40. The van der Waals surface area contributed by atoms with E-state index in [1.54, 1.807) is 5.48 Å². The highest BCUT2D eigenvalue weighted by Gasteiger charge is 2.25. The van der Waals surface area contributed by atoms with Gasteiger partial charge in [-0.2, -0.15) is 11.3 Å². The number of nitrogens with one attached hydrogen (secondary N) is 2. The zero-order valence-electron chi connectivity index (χ0n) is 17.0. The van der Waals surface area contributed by atoms with E-state index < -0.39 is 28.7 Å². The van der Waals surface area contributed by atoms with Crippen LogP contribution in [0.4, 0.5) is 5.69 Å². The molecule has 0 saturated heterocycles. The van der Waals surface area contributed by atoms with Crippen LogP contribution in [0.15, 0.2) is 41.1 Å². The van der Waals surface area contributed by atoms with Gasteiger partial charge in [0, 0.05) is 30.2 Å². The molecular weight excluding hydrogens is 426 g/mol. The molecule has 31 heavy (non-hydrogen) atoms. The molecule has 0 radical (unpaired) electrons. The molecule has 0 bridgehead atoms. The summed E-state index contributed by atoms with van der Waals surface area (Å²) in [6, 6.07) is 6.52. The predicted octanol–water partition coefficient (Wildman–Crippen LogP) is 2.52. The minimum Gasteiger partial charge on any atom is -0.356 e. The number of nitro benzene ring substituents is 1. The molecule has 10 nitrogen and oxygen atoms in total. The molecule has 2 aromatic rings. The normalized spacial score (nSPS) is 12.7. The molecule has 0 fully saturated rings. The zero-order chi connectivity index (χ0) is 22.6. The Kier molecular flexibility index (Phi) is 10.0. The first kappa shape index (κ1) is 24.4. The van der Waals surface area contributed by atoms with Gasteiger partial charge in [0.1, 0.15) is 6.79 Å². The number of carbonyl (C=O) groups is 2. The van der Waals surface area contributed by atoms with Gasteiger partial charge in [-0.25, -0.2) is 5.48 Å². The number of benzene rings is 1. The summed E-state index contributed by atoms with van der Waals surface area (Å²) < 4.78 is 10.6. The number of hydrogen-bond acceptors (Lipinski definition) is 8. The summed E-state index contributed by atoms with van der Waals surface area (Å²) >= 11 is 1.50. The SMILES string of the molecule is CCOCOC[C@H](C[C@H](Cc1ccsc1)C(=O)NO)NC(=O)c1ccc([N+](=O)[O-])cc1. The average molecular weight is 452 g/mol. The summed E-state index contributed by atoms with van der Waals surface area (Å²) in [7, 11) is 0. The van der Waals surface area contributed by atoms with Gasteiger partial charge in [-0.05, 0) is 54.3 Å². The van der Waals surface area contributed by atoms with Crippen molar-refractivity contribution < 1.29 is 29.2 Å². The average Bonchev–Trinajstić information content (AvgIpc) is 3.28. The number of hydrogen-bond donors (Lipinski definition) is 3. The Morgan fingerprint density at radius 3 is 2.55 bits per heavy atom. The summed E-state index contributed by atoms with van der Waals surface area (Å²) in [5.74, 6) is -1.64. The lowest BCUT2D eigenvalue weighted by molar-refractivity contribution is -0.384. The van der Waals surface area contributed by atoms with Crippen LogP contribution in [-0.2, 0) is 20.7 Å². The largest absolute Gasteiger partial charge is 0.356 e. The topological polar surface area (TPSA) is 140 Å². The molecule has 0 saturated carbocycles. The predicted molar refractivity (Wildman–Crippen MR) is 113 cm³/mol. The van der Waals surface area contributed by atoms with Crippen molar-refractivity contribution in [2.75, 3.05) is 20.0 Å². The van der Waals surface area contributed by atoms with Gasteiger partial charge in [0.15, 0.2) is 0 Å². The fourth-order valence-electron chi connectivity index (χ4n) is 2.92. The molecule has 1 heterocycles. The molecule has 2 rings (SSSR count). The monoisotopic (exact) mass is 451 g/mol. The lowest BCUT2D eigenvalue weighted by Crippen LogP contribution is -2.42. The van der Waals surface area contributed by atoms with Crippen molar-refractivity contribution >= 4 is 28.8 Å². The molecule has 1 aromatic heterocycles. The first-order chi connectivity index (χ1) is 14.9. The Bertz CT molecular complexity index is 843. The highest BCUT2D eigenvalue weighted by molar-refractivity contribution is 7.07. The van der Waals surface area contributed by atoms with Crippen molar-refractivity contribution in [3.05, 3.63) is 62.3 Å². The third kappa shape index (κ3) is 8.06. The van der Waals surface area contributed by atoms with E-state index in [0.29, 0.717) is 13.0 Å². The molecular formula is C20H25N3O7S. The highest BCUT2D eigenvalue weighted by atomic mass is 32.1. The Balaban J connectivity index is 2.10. The Morgan fingerprint density at radius 2 is 1.97 bits per heavy atom. The first-order valence-corrected chi connectivity index (χ1v) is 10.5. The van der Waals surface area contributed by atoms with Crippen LogP contribution in [0.3, 0.4) is 0 Å². The molecule has 0 spiro atoms. The van der Waals surface area contributed by atoms with Crippen LogP contribution in [0.2, 0.25) is 0 Å². The van der Waals surface area contributed by atoms with Crippen LogP contribution in [0.5, 0.6) is 0 Å². The van der Waals surface area contributed by atoms with E-state index in [-0.39, 0.29) is 31.1 Å². The van der Waals surface area contributed by atoms with Gasteiger partial charge in [-0.1, -0.05) is 0 Å². The highest BCUT2D eigenvalue weighted by Crippen LogP contribution is 2.18. The molecule has 2 amide bonds. The first-order valence-electron chi connectivity index (χ1n) is 9.60. The molecule has 0 aliphatic rings. The zero-order valence-corrected chi connectivity index (χ0v) is 17.8. The number of rotatable bonds is 13. The smallest absolute Gasteiger partial charge is 0.269 e. The van der Waals surface area contributed by atoms with E-state index in [9.17, 15) is 19.7 Å². The molecule has 0 unspecified atom stereocenters. The molecule has 0 aliphatic heterocycles. The van der Waals surface area contributed by atoms with E-state index >= 15 is 0 Å². The standard InChI is InChI=1S/C20H25N3O7S/c1-2-29-13-30-11-17(10-16(20(25)22-26)9-14-7-8-31-12-14)21-19(24)15-3-5-18(6-4-15)23(27)28/h3-8,12,16-17,26H,2,9-11,13H2,1H3,(H,21,24)(H,22,25)/t16-,17-/m0/s1. The van der Waals surface area contributed by atoms with E-state index in [0.717, 1.165) is 5.56 Å². The number of carbonyl (C=O) groups excluding carboxylic acids is 2. The molecule has 1 aromatic carbocycles. The van der Waals surface area contributed by atoms with Crippen molar-refractivity contribution in [2.45, 2.75) is 25.8 Å². The lowest BCUT2D eigenvalue weighted by atomic mass is 9.93. The van der Waals surface area contributed by atoms with Crippen molar-refractivity contribution in [3.63, 3.8) is 0 Å². The minimum absolute atomic E-state index is 0.0296. The van der Waals surface area contributed by atoms with Crippen molar-refractivity contribution in [1.29, 1.82) is 0 Å². The number of hydroxylamine groups is 1. The van der Waals surface area contributed by atoms with Gasteiger partial charge in [0.05, 0.1) is 17.6 Å². The molecule has 2 atom stereocenters. The summed E-state index contributed by atoms with van der Waals surface area (Å²) in [4.78, 5) is 35.1. The van der Waals surface area contributed by atoms with E-state index in [4.69, 9.17) is 14.7 Å². The van der Waals surface area contributed by atoms with E-state index in [2.05, 4.69) is 5.32 Å². The maximum Gasteiger partial charge on any atom is 0.269 e. The summed E-state index contributed by atoms with van der Waals surface area (Å²) in [6.07, 6.45) is 0.582. The number of amides is 2. The van der Waals surface area contributed by atoms with Gasteiger partial charge < -0.3 is 14.8 Å². The summed E-state index contributed by atoms with van der Waals surface area (Å²) in [5.41, 5.74) is 2.74. The van der Waals surface area contributed by atoms with Crippen molar-refractivity contribution in [3.8, 4) is 0 Å². The third-order valence-corrected chi connectivity index (χ3v) is 5.21. The Labute approximate surface area is 183 Å². The maximum atomic E-state index is 12.6. The quantitative estimate of drug-likeness (QED) is 0.140. The number of thiophene rings is 1. The number of ether oxygens (including phenoxy) is 2. The van der Waals surface area contributed by atoms with Gasteiger partial charge in [0.25, 0.3) is 11.6 Å². The number of nitro groups is 1. The van der Waals surface area contributed by atoms with Crippen LogP contribution < -0.4 is 10.8 Å². The van der Waals surface area contributed by atoms with Crippen LogP contribution in [0.25, 0.3) is 0 Å². The fourth-order valence-corrected chi connectivity index (χ4v) is 3.60. The maximum absolute atomic E-state index is 12.6. The van der Waals surface area contributed by atoms with Gasteiger partial charge in [-0.3, -0.25) is 24.9 Å². The van der Waals surface area contributed by atoms with Crippen molar-refractivity contribution in [1.82, 2.24) is 10.8 Å². The van der Waals surface area contributed by atoms with Crippen LogP contribution in [-0.4, -0.2) is 48.0 Å². The van der Waals surface area contributed by atoms with E-state index in [1.807, 2.05) is 23.8 Å². The van der Waals surface area contributed by atoms with Crippen LogP contribution in [0.1, 0.15) is 29.3 Å². The van der Waals surface area contributed by atoms with Crippen molar-refractivity contribution in [2.24, 2.45) is 5.92 Å². The third-order valence-electron chi connectivity index (χ3n) is 4.48. The van der Waals surface area contributed by atoms with Gasteiger partial charge in [-0.15, -0.1) is 0 Å². The van der Waals surface area contributed by atoms with Crippen LogP contribution in [0, 0.1) is 16.0 Å². The summed E-state index contributed by atoms with van der Waals surface area (Å²) in [5, 5.41) is 26.5. The number of non-ortho nitro benzene ring substituents is 1. The second-order valence-corrected chi connectivity index (χ2v) is 7.48. The molecule has 11 heteroatoms. The fraction of sp³-hybridized carbons (Fsp3) is 0.400. The van der Waals surface area contributed by atoms with Gasteiger partial charge in [0.2, 0.25) is 5.91 Å². The second-order valence-electron chi connectivity index (χ2n) is 6.70. The molecule has 0 aliphatic carbocycles. The minimum atomic E-state index is -0.613. The Morgan fingerprint density at radius 1 is 1.23 bits per heavy atom.